The fraction of sp³-hybridized carbons (Fsp3) is 0.524. The zero-order chi connectivity index (χ0) is 20.1. The lowest BCUT2D eigenvalue weighted by Crippen LogP contribution is -2.40. The molecule has 0 aliphatic heterocycles. The SMILES string of the molecule is CC(C)(C)[Si](C)(C)OCCCCc1cncn1Cc1ccc(C#N)cc1Br. The maximum absolute atomic E-state index is 9.00. The van der Waals surface area contributed by atoms with Crippen molar-refractivity contribution in [2.24, 2.45) is 0 Å². The molecule has 0 saturated heterocycles. The number of halogens is 1. The molecule has 0 bridgehead atoms. The van der Waals surface area contributed by atoms with Crippen LogP contribution in [-0.4, -0.2) is 24.5 Å². The smallest absolute Gasteiger partial charge is 0.191 e. The van der Waals surface area contributed by atoms with E-state index in [0.717, 1.165) is 42.5 Å². The largest absolute Gasteiger partial charge is 0.417 e. The average Bonchev–Trinajstić information content (AvgIpc) is 3.02. The minimum absolute atomic E-state index is 0.264. The van der Waals surface area contributed by atoms with Crippen LogP contribution in [0.25, 0.3) is 0 Å². The molecule has 0 radical (unpaired) electrons. The Balaban J connectivity index is 1.86. The van der Waals surface area contributed by atoms with E-state index in [4.69, 9.17) is 9.69 Å². The number of hydrogen-bond donors (Lipinski definition) is 0. The molecule has 1 aromatic carbocycles. The molecule has 0 unspecified atom stereocenters. The van der Waals surface area contributed by atoms with Crippen LogP contribution < -0.4 is 0 Å². The molecule has 0 N–H and O–H groups in total. The van der Waals surface area contributed by atoms with Crippen LogP contribution in [0.2, 0.25) is 18.1 Å². The fourth-order valence-corrected chi connectivity index (χ4v) is 4.17. The van der Waals surface area contributed by atoms with Gasteiger partial charge in [0.25, 0.3) is 0 Å². The topological polar surface area (TPSA) is 50.8 Å². The first kappa shape index (κ1) is 21.9. The summed E-state index contributed by atoms with van der Waals surface area (Å²) in [7, 11) is -1.64. The average molecular weight is 448 g/mol. The molecule has 2 aromatic rings. The monoisotopic (exact) mass is 447 g/mol. The summed E-state index contributed by atoms with van der Waals surface area (Å²) in [6, 6.07) is 7.89. The Kier molecular flexibility index (Phi) is 7.44. The van der Waals surface area contributed by atoms with E-state index < -0.39 is 8.32 Å². The maximum Gasteiger partial charge on any atom is 0.191 e. The Morgan fingerprint density at radius 1 is 1.26 bits per heavy atom. The van der Waals surface area contributed by atoms with Gasteiger partial charge in [0.15, 0.2) is 8.32 Å². The van der Waals surface area contributed by atoms with E-state index in [1.165, 1.54) is 5.69 Å². The molecular formula is C21H30BrN3OSi. The molecule has 0 saturated carbocycles. The number of aryl methyl sites for hydroxylation is 1. The van der Waals surface area contributed by atoms with E-state index in [1.54, 1.807) is 0 Å². The lowest BCUT2D eigenvalue weighted by Gasteiger charge is -2.36. The summed E-state index contributed by atoms with van der Waals surface area (Å²) in [5.74, 6) is 0. The third kappa shape index (κ3) is 6.03. The molecule has 0 spiro atoms. The molecule has 1 heterocycles. The van der Waals surface area contributed by atoms with Gasteiger partial charge in [0, 0.05) is 29.5 Å². The van der Waals surface area contributed by atoms with Crippen molar-refractivity contribution in [3.63, 3.8) is 0 Å². The molecule has 0 aliphatic rings. The van der Waals surface area contributed by atoms with Crippen LogP contribution in [0.15, 0.2) is 35.2 Å². The van der Waals surface area contributed by atoms with Crippen molar-refractivity contribution in [3.05, 3.63) is 52.0 Å². The molecule has 2 rings (SSSR count). The van der Waals surface area contributed by atoms with Crippen LogP contribution >= 0.6 is 15.9 Å². The Hall–Kier alpha value is -1.42. The molecule has 0 amide bonds. The molecular weight excluding hydrogens is 418 g/mol. The van der Waals surface area contributed by atoms with Crippen molar-refractivity contribution in [1.82, 2.24) is 9.55 Å². The quantitative estimate of drug-likeness (QED) is 0.373. The van der Waals surface area contributed by atoms with E-state index >= 15 is 0 Å². The van der Waals surface area contributed by atoms with Gasteiger partial charge in [-0.15, -0.1) is 0 Å². The van der Waals surface area contributed by atoms with Gasteiger partial charge in [0.1, 0.15) is 0 Å². The maximum atomic E-state index is 9.00. The van der Waals surface area contributed by atoms with Gasteiger partial charge in [0.05, 0.1) is 18.0 Å². The second kappa shape index (κ2) is 9.18. The lowest BCUT2D eigenvalue weighted by atomic mass is 10.1. The van der Waals surface area contributed by atoms with Crippen LogP contribution in [0.3, 0.4) is 0 Å². The Labute approximate surface area is 172 Å². The Morgan fingerprint density at radius 3 is 2.63 bits per heavy atom. The first-order chi connectivity index (χ1) is 12.6. The number of imidazole rings is 1. The van der Waals surface area contributed by atoms with Crippen LogP contribution in [0.4, 0.5) is 0 Å². The van der Waals surface area contributed by atoms with Gasteiger partial charge in [0.2, 0.25) is 0 Å². The Bertz CT molecular complexity index is 802. The van der Waals surface area contributed by atoms with Crippen molar-refractivity contribution < 1.29 is 4.43 Å². The minimum Gasteiger partial charge on any atom is -0.417 e. The van der Waals surface area contributed by atoms with Gasteiger partial charge in [-0.3, -0.25) is 0 Å². The van der Waals surface area contributed by atoms with Crippen molar-refractivity contribution in [2.45, 2.75) is 64.7 Å². The fourth-order valence-electron chi connectivity index (χ4n) is 2.58. The van der Waals surface area contributed by atoms with Crippen LogP contribution in [0.5, 0.6) is 0 Å². The van der Waals surface area contributed by atoms with Crippen molar-refractivity contribution >= 4 is 24.2 Å². The van der Waals surface area contributed by atoms with Gasteiger partial charge >= 0.3 is 0 Å². The zero-order valence-electron chi connectivity index (χ0n) is 17.1. The van der Waals surface area contributed by atoms with E-state index in [2.05, 4.69) is 65.4 Å². The van der Waals surface area contributed by atoms with Crippen LogP contribution in [0, 0.1) is 11.3 Å². The molecule has 1 aromatic heterocycles. The molecule has 0 aliphatic carbocycles. The number of nitriles is 1. The van der Waals surface area contributed by atoms with E-state index in [0.29, 0.717) is 5.56 Å². The summed E-state index contributed by atoms with van der Waals surface area (Å²) >= 11 is 3.57. The number of nitrogens with zero attached hydrogens (tertiary/aromatic N) is 3. The van der Waals surface area contributed by atoms with Crippen LogP contribution in [-0.2, 0) is 17.4 Å². The molecule has 0 fully saturated rings. The van der Waals surface area contributed by atoms with Crippen molar-refractivity contribution in [1.29, 1.82) is 5.26 Å². The number of benzene rings is 1. The summed E-state index contributed by atoms with van der Waals surface area (Å²) in [5, 5.41) is 9.26. The summed E-state index contributed by atoms with van der Waals surface area (Å²) < 4.78 is 9.40. The van der Waals surface area contributed by atoms with Gasteiger partial charge in [-0.2, -0.15) is 5.26 Å². The van der Waals surface area contributed by atoms with Crippen molar-refractivity contribution in [2.75, 3.05) is 6.61 Å². The normalized spacial score (nSPS) is 12.2. The highest BCUT2D eigenvalue weighted by Gasteiger charge is 2.36. The van der Waals surface area contributed by atoms with E-state index in [-0.39, 0.29) is 5.04 Å². The lowest BCUT2D eigenvalue weighted by molar-refractivity contribution is 0.279. The number of aromatic nitrogens is 2. The summed E-state index contributed by atoms with van der Waals surface area (Å²) in [6.45, 7) is 13.0. The molecule has 4 nitrogen and oxygen atoms in total. The van der Waals surface area contributed by atoms with E-state index in [9.17, 15) is 0 Å². The summed E-state index contributed by atoms with van der Waals surface area (Å²) in [6.07, 6.45) is 6.99. The second-order valence-corrected chi connectivity index (χ2v) is 14.2. The standard InChI is InChI=1S/C21H30BrN3OSi/c1-21(2,3)27(4,5)26-11-7-6-8-19-14-24-16-25(19)15-18-10-9-17(13-23)12-20(18)22/h9-10,12,14,16H,6-8,11,15H2,1-5H3. The van der Waals surface area contributed by atoms with E-state index in [1.807, 2.05) is 30.7 Å². The van der Waals surface area contributed by atoms with Gasteiger partial charge < -0.3 is 8.99 Å². The highest BCUT2D eigenvalue weighted by atomic mass is 79.9. The third-order valence-corrected chi connectivity index (χ3v) is 10.7. The predicted molar refractivity (Wildman–Crippen MR) is 116 cm³/mol. The molecule has 146 valence electrons. The first-order valence-corrected chi connectivity index (χ1v) is 13.2. The number of unbranched alkanes of at least 4 members (excludes halogenated alkanes) is 1. The third-order valence-electron chi connectivity index (χ3n) is 5.42. The highest BCUT2D eigenvalue weighted by molar-refractivity contribution is 9.10. The molecule has 0 atom stereocenters. The molecule has 27 heavy (non-hydrogen) atoms. The first-order valence-electron chi connectivity index (χ1n) is 9.45. The van der Waals surface area contributed by atoms with Gasteiger partial charge in [-0.05, 0) is 55.1 Å². The second-order valence-electron chi connectivity index (χ2n) is 8.50. The summed E-state index contributed by atoms with van der Waals surface area (Å²) in [4.78, 5) is 4.32. The van der Waals surface area contributed by atoms with Gasteiger partial charge in [-0.1, -0.05) is 42.8 Å². The highest BCUT2D eigenvalue weighted by Crippen LogP contribution is 2.36. The van der Waals surface area contributed by atoms with Crippen LogP contribution in [0.1, 0.15) is 50.4 Å². The summed E-state index contributed by atoms with van der Waals surface area (Å²) in [5.41, 5.74) is 3.05. The predicted octanol–water partition coefficient (Wildman–Crippen LogP) is 5.91. The van der Waals surface area contributed by atoms with Crippen molar-refractivity contribution in [3.8, 4) is 6.07 Å². The number of hydrogen-bond acceptors (Lipinski definition) is 3. The molecule has 6 heteroatoms. The minimum atomic E-state index is -1.64. The number of rotatable bonds is 8. The van der Waals surface area contributed by atoms with Gasteiger partial charge in [-0.25, -0.2) is 4.98 Å². The zero-order valence-corrected chi connectivity index (χ0v) is 19.6. The Morgan fingerprint density at radius 2 is 2.00 bits per heavy atom.